The highest BCUT2D eigenvalue weighted by atomic mass is 35.5. The zero-order valence-electron chi connectivity index (χ0n) is 10.1. The highest BCUT2D eigenvalue weighted by molar-refractivity contribution is 6.31. The van der Waals surface area contributed by atoms with E-state index in [9.17, 15) is 4.79 Å². The van der Waals surface area contributed by atoms with Crippen molar-refractivity contribution in [1.29, 1.82) is 0 Å². The molecule has 0 radical (unpaired) electrons. The number of rotatable bonds is 1. The number of fused-ring (bicyclic) bond motifs is 1. The van der Waals surface area contributed by atoms with E-state index in [1.165, 1.54) is 19.3 Å². The van der Waals surface area contributed by atoms with Crippen molar-refractivity contribution in [3.05, 3.63) is 39.9 Å². The molecular weight excluding hydrogens is 248 g/mol. The van der Waals surface area contributed by atoms with Crippen molar-refractivity contribution in [2.45, 2.75) is 38.1 Å². The molecule has 3 rings (SSSR count). The molecule has 18 heavy (non-hydrogen) atoms. The Balaban J connectivity index is 2.11. The van der Waals surface area contributed by atoms with E-state index in [0.29, 0.717) is 22.0 Å². The van der Waals surface area contributed by atoms with Gasteiger partial charge in [0.05, 0.1) is 17.2 Å². The van der Waals surface area contributed by atoms with E-state index >= 15 is 0 Å². The minimum Gasteiger partial charge on any atom is -0.296 e. The Morgan fingerprint density at radius 1 is 1.22 bits per heavy atom. The number of hydrogen-bond acceptors (Lipinski definition) is 2. The van der Waals surface area contributed by atoms with Crippen LogP contribution < -0.4 is 5.56 Å². The highest BCUT2D eigenvalue weighted by Gasteiger charge is 2.17. The average Bonchev–Trinajstić information content (AvgIpc) is 2.40. The molecule has 3 nitrogen and oxygen atoms in total. The molecule has 94 valence electrons. The van der Waals surface area contributed by atoms with Crippen molar-refractivity contribution in [1.82, 2.24) is 9.55 Å². The molecule has 1 heterocycles. The first-order valence-electron chi connectivity index (χ1n) is 6.42. The number of aromatic nitrogens is 2. The van der Waals surface area contributed by atoms with Gasteiger partial charge in [0.25, 0.3) is 5.56 Å². The van der Waals surface area contributed by atoms with Gasteiger partial charge in [0.2, 0.25) is 0 Å². The zero-order valence-corrected chi connectivity index (χ0v) is 10.9. The van der Waals surface area contributed by atoms with Crippen molar-refractivity contribution >= 4 is 22.5 Å². The van der Waals surface area contributed by atoms with Crippen LogP contribution in [-0.4, -0.2) is 9.55 Å². The van der Waals surface area contributed by atoms with Gasteiger partial charge < -0.3 is 0 Å². The Bertz CT molecular complexity index is 629. The van der Waals surface area contributed by atoms with E-state index in [4.69, 9.17) is 11.6 Å². The van der Waals surface area contributed by atoms with Crippen molar-refractivity contribution < 1.29 is 0 Å². The van der Waals surface area contributed by atoms with Gasteiger partial charge in [-0.25, -0.2) is 4.98 Å². The number of halogens is 1. The van der Waals surface area contributed by atoms with Gasteiger partial charge in [0.15, 0.2) is 0 Å². The summed E-state index contributed by atoms with van der Waals surface area (Å²) in [6.45, 7) is 0. The Labute approximate surface area is 110 Å². The van der Waals surface area contributed by atoms with E-state index in [1.807, 2.05) is 0 Å². The summed E-state index contributed by atoms with van der Waals surface area (Å²) in [5, 5.41) is 1.28. The second-order valence-electron chi connectivity index (χ2n) is 4.91. The average molecular weight is 263 g/mol. The monoisotopic (exact) mass is 262 g/mol. The Hall–Kier alpha value is -1.35. The molecule has 0 saturated heterocycles. The number of nitrogens with zero attached hydrogens (tertiary/aromatic N) is 2. The molecule has 1 aliphatic carbocycles. The third-order valence-electron chi connectivity index (χ3n) is 3.71. The number of benzene rings is 1. The molecule has 0 amide bonds. The zero-order chi connectivity index (χ0) is 12.5. The van der Waals surface area contributed by atoms with E-state index in [0.717, 1.165) is 12.8 Å². The molecule has 0 bridgehead atoms. The van der Waals surface area contributed by atoms with Crippen LogP contribution in [0, 0.1) is 0 Å². The van der Waals surface area contributed by atoms with Crippen LogP contribution in [-0.2, 0) is 0 Å². The molecule has 0 aliphatic heterocycles. The molecule has 1 fully saturated rings. The summed E-state index contributed by atoms with van der Waals surface area (Å²) >= 11 is 5.91. The summed E-state index contributed by atoms with van der Waals surface area (Å²) in [5.74, 6) is 0. The summed E-state index contributed by atoms with van der Waals surface area (Å²) < 4.78 is 1.80. The van der Waals surface area contributed by atoms with Crippen molar-refractivity contribution in [3.63, 3.8) is 0 Å². The molecular formula is C14H15ClN2O. The van der Waals surface area contributed by atoms with Crippen molar-refractivity contribution in [2.24, 2.45) is 0 Å². The minimum atomic E-state index is 0.0589. The lowest BCUT2D eigenvalue weighted by Gasteiger charge is -2.23. The van der Waals surface area contributed by atoms with Crippen LogP contribution in [0.4, 0.5) is 0 Å². The predicted octanol–water partition coefficient (Wildman–Crippen LogP) is 3.56. The molecule has 1 aliphatic rings. The Morgan fingerprint density at radius 3 is 2.78 bits per heavy atom. The fourth-order valence-corrected chi connectivity index (χ4v) is 2.89. The standard InChI is InChI=1S/C14H15ClN2O/c15-10-6-7-12-13(8-10)16-9-17(14(12)18)11-4-2-1-3-5-11/h6-9,11H,1-5H2. The van der Waals surface area contributed by atoms with Gasteiger partial charge in [0, 0.05) is 11.1 Å². The maximum Gasteiger partial charge on any atom is 0.261 e. The summed E-state index contributed by atoms with van der Waals surface area (Å²) in [6, 6.07) is 5.58. The number of hydrogen-bond donors (Lipinski definition) is 0. The lowest BCUT2D eigenvalue weighted by molar-refractivity contribution is 0.345. The SMILES string of the molecule is O=c1c2ccc(Cl)cc2ncn1C1CCCCC1. The van der Waals surface area contributed by atoms with E-state index in [1.54, 1.807) is 29.1 Å². The second kappa shape index (κ2) is 4.73. The van der Waals surface area contributed by atoms with Crippen LogP contribution in [0.25, 0.3) is 10.9 Å². The van der Waals surface area contributed by atoms with Gasteiger partial charge in [-0.2, -0.15) is 0 Å². The minimum absolute atomic E-state index is 0.0589. The van der Waals surface area contributed by atoms with E-state index < -0.39 is 0 Å². The molecule has 1 aromatic carbocycles. The quantitative estimate of drug-likeness (QED) is 0.788. The third-order valence-corrected chi connectivity index (χ3v) is 3.95. The first kappa shape index (κ1) is 11.7. The van der Waals surface area contributed by atoms with Crippen molar-refractivity contribution in [3.8, 4) is 0 Å². The van der Waals surface area contributed by atoms with Crippen LogP contribution in [0.1, 0.15) is 38.1 Å². The second-order valence-corrected chi connectivity index (χ2v) is 5.35. The molecule has 0 unspecified atom stereocenters. The lowest BCUT2D eigenvalue weighted by Crippen LogP contribution is -2.26. The van der Waals surface area contributed by atoms with Gasteiger partial charge in [-0.3, -0.25) is 9.36 Å². The first-order chi connectivity index (χ1) is 8.75. The van der Waals surface area contributed by atoms with Gasteiger partial charge in [-0.05, 0) is 31.0 Å². The van der Waals surface area contributed by atoms with Crippen LogP contribution in [0.3, 0.4) is 0 Å². The van der Waals surface area contributed by atoms with Crippen LogP contribution in [0.5, 0.6) is 0 Å². The summed E-state index contributed by atoms with van der Waals surface area (Å²) in [6.07, 6.45) is 7.53. The van der Waals surface area contributed by atoms with E-state index in [-0.39, 0.29) is 5.56 Å². The maximum atomic E-state index is 12.4. The smallest absolute Gasteiger partial charge is 0.261 e. The fraction of sp³-hybridized carbons (Fsp3) is 0.429. The molecule has 4 heteroatoms. The summed E-state index contributed by atoms with van der Waals surface area (Å²) in [7, 11) is 0. The van der Waals surface area contributed by atoms with Gasteiger partial charge in [-0.1, -0.05) is 30.9 Å². The molecule has 1 saturated carbocycles. The Kier molecular flexibility index (Phi) is 3.08. The normalized spacial score (nSPS) is 17.2. The van der Waals surface area contributed by atoms with Gasteiger partial charge in [0.1, 0.15) is 0 Å². The molecule has 1 aromatic heterocycles. The summed E-state index contributed by atoms with van der Waals surface area (Å²) in [5.41, 5.74) is 0.739. The van der Waals surface area contributed by atoms with Crippen LogP contribution >= 0.6 is 11.6 Å². The largest absolute Gasteiger partial charge is 0.296 e. The maximum absolute atomic E-state index is 12.4. The van der Waals surface area contributed by atoms with Gasteiger partial charge >= 0.3 is 0 Å². The fourth-order valence-electron chi connectivity index (χ4n) is 2.73. The first-order valence-corrected chi connectivity index (χ1v) is 6.80. The van der Waals surface area contributed by atoms with E-state index in [2.05, 4.69) is 4.98 Å². The third kappa shape index (κ3) is 2.03. The van der Waals surface area contributed by atoms with Crippen molar-refractivity contribution in [2.75, 3.05) is 0 Å². The lowest BCUT2D eigenvalue weighted by atomic mass is 9.95. The molecule has 0 spiro atoms. The topological polar surface area (TPSA) is 34.9 Å². The predicted molar refractivity (Wildman–Crippen MR) is 73.1 cm³/mol. The molecule has 0 N–H and O–H groups in total. The highest BCUT2D eigenvalue weighted by Crippen LogP contribution is 2.27. The van der Waals surface area contributed by atoms with Gasteiger partial charge in [-0.15, -0.1) is 0 Å². The Morgan fingerprint density at radius 2 is 2.00 bits per heavy atom. The summed E-state index contributed by atoms with van der Waals surface area (Å²) in [4.78, 5) is 16.8. The molecule has 0 atom stereocenters. The van der Waals surface area contributed by atoms with Crippen LogP contribution in [0.15, 0.2) is 29.3 Å². The molecule has 2 aromatic rings. The van der Waals surface area contributed by atoms with Crippen LogP contribution in [0.2, 0.25) is 5.02 Å².